The Bertz CT molecular complexity index is 388. The van der Waals surface area contributed by atoms with Crippen molar-refractivity contribution in [3.8, 4) is 6.07 Å². The summed E-state index contributed by atoms with van der Waals surface area (Å²) in [6, 6.07) is 13.7. The van der Waals surface area contributed by atoms with E-state index in [2.05, 4.69) is 53.5 Å². The molecule has 0 saturated carbocycles. The number of nitriles is 1. The van der Waals surface area contributed by atoms with Gasteiger partial charge in [0, 0.05) is 30.9 Å². The number of para-hydroxylation sites is 1. The number of hydrogen-bond donors (Lipinski definition) is 1. The van der Waals surface area contributed by atoms with E-state index in [1.54, 1.807) is 0 Å². The van der Waals surface area contributed by atoms with Crippen LogP contribution in [0.3, 0.4) is 0 Å². The molecule has 1 aromatic rings. The molecular formula is C15H21N3. The molecule has 1 unspecified atom stereocenters. The fraction of sp³-hybridized carbons (Fsp3) is 0.533. The van der Waals surface area contributed by atoms with Crippen LogP contribution in [0.5, 0.6) is 0 Å². The van der Waals surface area contributed by atoms with Crippen molar-refractivity contribution in [2.45, 2.75) is 38.3 Å². The second-order valence-corrected chi connectivity index (χ2v) is 5.03. The zero-order valence-electron chi connectivity index (χ0n) is 11.0. The van der Waals surface area contributed by atoms with Gasteiger partial charge in [0.2, 0.25) is 0 Å². The highest BCUT2D eigenvalue weighted by molar-refractivity contribution is 5.46. The molecule has 1 aromatic carbocycles. The molecule has 0 spiro atoms. The summed E-state index contributed by atoms with van der Waals surface area (Å²) < 4.78 is 0. The minimum Gasteiger partial charge on any atom is -0.371 e. The Labute approximate surface area is 109 Å². The van der Waals surface area contributed by atoms with Crippen molar-refractivity contribution in [3.05, 3.63) is 30.3 Å². The maximum Gasteiger partial charge on any atom is 0.0638 e. The van der Waals surface area contributed by atoms with Gasteiger partial charge in [-0.2, -0.15) is 5.26 Å². The van der Waals surface area contributed by atoms with Gasteiger partial charge in [-0.15, -0.1) is 0 Å². The normalized spacial score (nSPS) is 18.3. The van der Waals surface area contributed by atoms with Gasteiger partial charge in [-0.1, -0.05) is 18.2 Å². The quantitative estimate of drug-likeness (QED) is 0.883. The summed E-state index contributed by atoms with van der Waals surface area (Å²) in [7, 11) is 0. The molecule has 1 saturated heterocycles. The van der Waals surface area contributed by atoms with Gasteiger partial charge in [0.25, 0.3) is 0 Å². The summed E-state index contributed by atoms with van der Waals surface area (Å²) in [5.74, 6) is 0. The van der Waals surface area contributed by atoms with Crippen LogP contribution in [-0.2, 0) is 0 Å². The molecule has 2 rings (SSSR count). The molecular weight excluding hydrogens is 222 g/mol. The van der Waals surface area contributed by atoms with Crippen molar-refractivity contribution in [3.63, 3.8) is 0 Å². The van der Waals surface area contributed by atoms with Gasteiger partial charge in [0.05, 0.1) is 12.5 Å². The topological polar surface area (TPSA) is 39.1 Å². The first-order chi connectivity index (χ1) is 8.79. The third-order valence-corrected chi connectivity index (χ3v) is 3.53. The minimum absolute atomic E-state index is 0.309. The Hall–Kier alpha value is -1.53. The Kier molecular flexibility index (Phi) is 4.60. The fourth-order valence-corrected chi connectivity index (χ4v) is 2.54. The Balaban J connectivity index is 1.80. The number of nitrogens with one attached hydrogen (secondary N) is 1. The van der Waals surface area contributed by atoms with Crippen LogP contribution in [-0.4, -0.2) is 25.2 Å². The van der Waals surface area contributed by atoms with Gasteiger partial charge in [-0.25, -0.2) is 0 Å². The molecule has 1 aliphatic heterocycles. The van der Waals surface area contributed by atoms with Crippen LogP contribution in [0.2, 0.25) is 0 Å². The van der Waals surface area contributed by atoms with Gasteiger partial charge in [-0.3, -0.25) is 0 Å². The first kappa shape index (κ1) is 12.9. The molecule has 0 amide bonds. The van der Waals surface area contributed by atoms with Crippen molar-refractivity contribution in [1.29, 1.82) is 5.26 Å². The van der Waals surface area contributed by atoms with Crippen LogP contribution in [0.15, 0.2) is 30.3 Å². The highest BCUT2D eigenvalue weighted by Crippen LogP contribution is 2.19. The number of benzene rings is 1. The molecule has 0 aliphatic carbocycles. The van der Waals surface area contributed by atoms with Crippen molar-refractivity contribution < 1.29 is 0 Å². The lowest BCUT2D eigenvalue weighted by Gasteiger charge is -2.35. The van der Waals surface area contributed by atoms with Gasteiger partial charge >= 0.3 is 0 Å². The fourth-order valence-electron chi connectivity index (χ4n) is 2.54. The Morgan fingerprint density at radius 2 is 2.00 bits per heavy atom. The van der Waals surface area contributed by atoms with Crippen LogP contribution in [0.25, 0.3) is 0 Å². The molecule has 0 bridgehead atoms. The standard InChI is InChI=1S/C15H21N3/c1-13(7-10-16)17-14-8-11-18(12-9-14)15-5-3-2-4-6-15/h2-6,13-14,17H,7-9,11-12H2,1H3. The summed E-state index contributed by atoms with van der Waals surface area (Å²) in [5.41, 5.74) is 1.32. The number of nitrogens with zero attached hydrogens (tertiary/aromatic N) is 2. The summed E-state index contributed by atoms with van der Waals surface area (Å²) in [6.07, 6.45) is 2.91. The molecule has 96 valence electrons. The molecule has 3 nitrogen and oxygen atoms in total. The predicted octanol–water partition coefficient (Wildman–Crippen LogP) is 2.55. The maximum atomic E-state index is 8.66. The second kappa shape index (κ2) is 6.42. The van der Waals surface area contributed by atoms with E-state index in [1.165, 1.54) is 5.69 Å². The average molecular weight is 243 g/mol. The number of rotatable bonds is 4. The highest BCUT2D eigenvalue weighted by atomic mass is 15.1. The molecule has 18 heavy (non-hydrogen) atoms. The lowest BCUT2D eigenvalue weighted by atomic mass is 10.0. The van der Waals surface area contributed by atoms with E-state index >= 15 is 0 Å². The van der Waals surface area contributed by atoms with Gasteiger partial charge in [-0.05, 0) is 31.9 Å². The van der Waals surface area contributed by atoms with Crippen LogP contribution >= 0.6 is 0 Å². The molecule has 3 heteroatoms. The monoisotopic (exact) mass is 243 g/mol. The van der Waals surface area contributed by atoms with Gasteiger partial charge in [0.1, 0.15) is 0 Å². The molecule has 1 fully saturated rings. The van der Waals surface area contributed by atoms with Crippen LogP contribution in [0, 0.1) is 11.3 Å². The van der Waals surface area contributed by atoms with Crippen LogP contribution < -0.4 is 10.2 Å². The molecule has 1 aliphatic rings. The number of anilines is 1. The smallest absolute Gasteiger partial charge is 0.0638 e. The Morgan fingerprint density at radius 3 is 2.61 bits per heavy atom. The first-order valence-electron chi connectivity index (χ1n) is 6.72. The van der Waals surface area contributed by atoms with E-state index in [1.807, 2.05) is 0 Å². The number of hydrogen-bond acceptors (Lipinski definition) is 3. The van der Waals surface area contributed by atoms with Crippen molar-refractivity contribution in [2.75, 3.05) is 18.0 Å². The van der Waals surface area contributed by atoms with Crippen molar-refractivity contribution in [1.82, 2.24) is 5.32 Å². The van der Waals surface area contributed by atoms with Crippen LogP contribution in [0.1, 0.15) is 26.2 Å². The van der Waals surface area contributed by atoms with E-state index in [-0.39, 0.29) is 0 Å². The zero-order valence-corrected chi connectivity index (χ0v) is 11.0. The zero-order chi connectivity index (χ0) is 12.8. The SMILES string of the molecule is CC(CC#N)NC1CCN(c2ccccc2)CC1. The summed E-state index contributed by atoms with van der Waals surface area (Å²) in [6.45, 7) is 4.29. The molecule has 0 radical (unpaired) electrons. The van der Waals surface area contributed by atoms with Crippen LogP contribution in [0.4, 0.5) is 5.69 Å². The minimum atomic E-state index is 0.309. The lowest BCUT2D eigenvalue weighted by Crippen LogP contribution is -2.45. The summed E-state index contributed by atoms with van der Waals surface area (Å²) in [4.78, 5) is 2.44. The van der Waals surface area contributed by atoms with E-state index in [0.717, 1.165) is 25.9 Å². The maximum absolute atomic E-state index is 8.66. The van der Waals surface area contributed by atoms with Crippen molar-refractivity contribution >= 4 is 5.69 Å². The Morgan fingerprint density at radius 1 is 1.33 bits per heavy atom. The largest absolute Gasteiger partial charge is 0.371 e. The van der Waals surface area contributed by atoms with Crippen molar-refractivity contribution in [2.24, 2.45) is 0 Å². The van der Waals surface area contributed by atoms with E-state index < -0.39 is 0 Å². The highest BCUT2D eigenvalue weighted by Gasteiger charge is 2.20. The summed E-state index contributed by atoms with van der Waals surface area (Å²) in [5, 5.41) is 12.2. The van der Waals surface area contributed by atoms with Gasteiger partial charge < -0.3 is 10.2 Å². The average Bonchev–Trinajstić information content (AvgIpc) is 2.41. The second-order valence-electron chi connectivity index (χ2n) is 5.03. The lowest BCUT2D eigenvalue weighted by molar-refractivity contribution is 0.378. The third-order valence-electron chi connectivity index (χ3n) is 3.53. The molecule has 0 aromatic heterocycles. The predicted molar refractivity (Wildman–Crippen MR) is 74.5 cm³/mol. The van der Waals surface area contributed by atoms with E-state index in [9.17, 15) is 0 Å². The molecule has 1 atom stereocenters. The molecule has 1 heterocycles. The third kappa shape index (κ3) is 3.48. The number of piperidine rings is 1. The molecule has 1 N–H and O–H groups in total. The van der Waals surface area contributed by atoms with E-state index in [0.29, 0.717) is 18.5 Å². The van der Waals surface area contributed by atoms with E-state index in [4.69, 9.17) is 5.26 Å². The van der Waals surface area contributed by atoms with Gasteiger partial charge in [0.15, 0.2) is 0 Å². The first-order valence-corrected chi connectivity index (χ1v) is 6.72. The summed E-state index contributed by atoms with van der Waals surface area (Å²) >= 11 is 0.